The van der Waals surface area contributed by atoms with E-state index in [0.717, 1.165) is 16.9 Å². The highest BCUT2D eigenvalue weighted by molar-refractivity contribution is 5.95. The molecule has 140 valence electrons. The lowest BCUT2D eigenvalue weighted by molar-refractivity contribution is -0.384. The largest absolute Gasteiger partial charge is 0.489 e. The van der Waals surface area contributed by atoms with E-state index in [9.17, 15) is 14.9 Å². The fraction of sp³-hybridized carbons (Fsp3) is 0.0476. The van der Waals surface area contributed by atoms with Gasteiger partial charge in [-0.05, 0) is 23.8 Å². The lowest BCUT2D eigenvalue weighted by Crippen LogP contribution is -2.17. The van der Waals surface area contributed by atoms with Gasteiger partial charge in [0.25, 0.3) is 11.6 Å². The Kier molecular flexibility index (Phi) is 6.10. The van der Waals surface area contributed by atoms with Gasteiger partial charge in [0.1, 0.15) is 12.4 Å². The van der Waals surface area contributed by atoms with E-state index in [4.69, 9.17) is 4.74 Å². The lowest BCUT2D eigenvalue weighted by atomic mass is 10.1. The Morgan fingerprint density at radius 3 is 2.57 bits per heavy atom. The topological polar surface area (TPSA) is 93.8 Å². The van der Waals surface area contributed by atoms with Crippen LogP contribution in [0.2, 0.25) is 0 Å². The zero-order chi connectivity index (χ0) is 19.8. The van der Waals surface area contributed by atoms with Crippen molar-refractivity contribution in [2.75, 3.05) is 0 Å². The molecule has 0 unspecified atom stereocenters. The van der Waals surface area contributed by atoms with Crippen LogP contribution in [0.15, 0.2) is 84.0 Å². The van der Waals surface area contributed by atoms with Crippen LogP contribution < -0.4 is 10.2 Å². The Balaban J connectivity index is 1.65. The van der Waals surface area contributed by atoms with Crippen LogP contribution in [0.25, 0.3) is 0 Å². The van der Waals surface area contributed by atoms with Crippen LogP contribution in [0.5, 0.6) is 5.75 Å². The number of nitrogens with zero attached hydrogens (tertiary/aromatic N) is 2. The van der Waals surface area contributed by atoms with E-state index in [-0.39, 0.29) is 11.3 Å². The van der Waals surface area contributed by atoms with Crippen molar-refractivity contribution in [3.05, 3.63) is 106 Å². The third-order valence-corrected chi connectivity index (χ3v) is 3.88. The maximum atomic E-state index is 12.1. The summed E-state index contributed by atoms with van der Waals surface area (Å²) in [6.45, 7) is 0.352. The molecule has 0 heterocycles. The van der Waals surface area contributed by atoms with Crippen LogP contribution in [-0.2, 0) is 6.61 Å². The van der Waals surface area contributed by atoms with E-state index in [0.29, 0.717) is 6.61 Å². The summed E-state index contributed by atoms with van der Waals surface area (Å²) < 4.78 is 5.75. The fourth-order valence-corrected chi connectivity index (χ4v) is 2.46. The molecule has 0 saturated carbocycles. The van der Waals surface area contributed by atoms with Gasteiger partial charge in [-0.2, -0.15) is 5.10 Å². The van der Waals surface area contributed by atoms with Crippen molar-refractivity contribution in [3.63, 3.8) is 0 Å². The number of nitro benzene ring substituents is 1. The minimum absolute atomic E-state index is 0.153. The molecule has 1 amide bonds. The van der Waals surface area contributed by atoms with Crippen LogP contribution in [0, 0.1) is 10.1 Å². The van der Waals surface area contributed by atoms with Gasteiger partial charge in [0.2, 0.25) is 0 Å². The number of para-hydroxylation sites is 1. The summed E-state index contributed by atoms with van der Waals surface area (Å²) in [4.78, 5) is 22.4. The van der Waals surface area contributed by atoms with Crippen molar-refractivity contribution in [1.29, 1.82) is 0 Å². The Morgan fingerprint density at radius 1 is 1.04 bits per heavy atom. The first-order valence-corrected chi connectivity index (χ1v) is 8.47. The molecule has 0 aliphatic rings. The van der Waals surface area contributed by atoms with Crippen LogP contribution in [0.1, 0.15) is 21.5 Å². The van der Waals surface area contributed by atoms with E-state index in [1.165, 1.54) is 30.5 Å². The summed E-state index contributed by atoms with van der Waals surface area (Å²) in [5, 5.41) is 14.8. The molecular formula is C21H17N3O4. The van der Waals surface area contributed by atoms with Gasteiger partial charge in [0, 0.05) is 23.3 Å². The van der Waals surface area contributed by atoms with Crippen molar-refractivity contribution in [2.24, 2.45) is 5.10 Å². The molecule has 0 atom stereocenters. The molecule has 28 heavy (non-hydrogen) atoms. The van der Waals surface area contributed by atoms with Crippen LogP contribution in [-0.4, -0.2) is 17.0 Å². The summed E-state index contributed by atoms with van der Waals surface area (Å²) in [5.41, 5.74) is 4.08. The number of hydrogen-bond acceptors (Lipinski definition) is 5. The van der Waals surface area contributed by atoms with Crippen molar-refractivity contribution in [1.82, 2.24) is 5.43 Å². The monoisotopic (exact) mass is 375 g/mol. The zero-order valence-electron chi connectivity index (χ0n) is 14.8. The first-order chi connectivity index (χ1) is 13.6. The van der Waals surface area contributed by atoms with Crippen LogP contribution in [0.4, 0.5) is 5.69 Å². The smallest absolute Gasteiger partial charge is 0.271 e. The van der Waals surface area contributed by atoms with Gasteiger partial charge in [0.15, 0.2) is 0 Å². The minimum Gasteiger partial charge on any atom is -0.489 e. The van der Waals surface area contributed by atoms with Gasteiger partial charge in [-0.25, -0.2) is 5.43 Å². The summed E-state index contributed by atoms with van der Waals surface area (Å²) in [6, 6.07) is 22.4. The van der Waals surface area contributed by atoms with Gasteiger partial charge in [-0.15, -0.1) is 0 Å². The Morgan fingerprint density at radius 2 is 1.79 bits per heavy atom. The number of carbonyl (C=O) groups is 1. The van der Waals surface area contributed by atoms with E-state index >= 15 is 0 Å². The van der Waals surface area contributed by atoms with Crippen molar-refractivity contribution in [2.45, 2.75) is 6.61 Å². The molecule has 3 aromatic rings. The van der Waals surface area contributed by atoms with E-state index < -0.39 is 10.8 Å². The second-order valence-electron chi connectivity index (χ2n) is 5.81. The number of hydrazone groups is 1. The Hall–Kier alpha value is -4.00. The predicted molar refractivity (Wildman–Crippen MR) is 105 cm³/mol. The lowest BCUT2D eigenvalue weighted by Gasteiger charge is -2.08. The molecular weight excluding hydrogens is 358 g/mol. The molecule has 0 aliphatic heterocycles. The normalized spacial score (nSPS) is 10.6. The molecule has 7 heteroatoms. The van der Waals surface area contributed by atoms with Crippen molar-refractivity contribution < 1.29 is 14.5 Å². The maximum Gasteiger partial charge on any atom is 0.271 e. The van der Waals surface area contributed by atoms with E-state index in [2.05, 4.69) is 10.5 Å². The number of amides is 1. The molecule has 0 radical (unpaired) electrons. The summed E-state index contributed by atoms with van der Waals surface area (Å²) in [7, 11) is 0. The minimum atomic E-state index is -0.553. The molecule has 0 aromatic heterocycles. The fourth-order valence-electron chi connectivity index (χ4n) is 2.46. The molecule has 0 fully saturated rings. The molecule has 3 aromatic carbocycles. The Labute approximate surface area is 161 Å². The number of rotatable bonds is 7. The summed E-state index contributed by atoms with van der Waals surface area (Å²) >= 11 is 0. The SMILES string of the molecule is O=C(N/N=C/c1ccccc1COc1ccccc1)c1cccc([N+](=O)[O-])c1. The predicted octanol–water partition coefficient (Wildman–Crippen LogP) is 3.94. The first kappa shape index (κ1) is 18.8. The number of nitrogens with one attached hydrogen (secondary N) is 1. The number of non-ortho nitro benzene ring substituents is 1. The third-order valence-electron chi connectivity index (χ3n) is 3.88. The highest BCUT2D eigenvalue weighted by Crippen LogP contribution is 2.14. The summed E-state index contributed by atoms with van der Waals surface area (Å²) in [5.74, 6) is 0.228. The number of carbonyl (C=O) groups excluding carboxylic acids is 1. The molecule has 0 bridgehead atoms. The standard InChI is InChI=1S/C21H17N3O4/c25-21(16-9-6-10-19(13-16)24(26)27)23-22-14-17-7-4-5-8-18(17)15-28-20-11-2-1-3-12-20/h1-14H,15H2,(H,23,25)/b22-14+. The number of hydrogen-bond donors (Lipinski definition) is 1. The second-order valence-corrected chi connectivity index (χ2v) is 5.81. The third kappa shape index (κ3) is 5.01. The maximum absolute atomic E-state index is 12.1. The van der Waals surface area contributed by atoms with Crippen LogP contribution >= 0.6 is 0 Å². The van der Waals surface area contributed by atoms with Crippen LogP contribution in [0.3, 0.4) is 0 Å². The average Bonchev–Trinajstić information content (AvgIpc) is 2.73. The number of nitro groups is 1. The molecule has 7 nitrogen and oxygen atoms in total. The average molecular weight is 375 g/mol. The van der Waals surface area contributed by atoms with Gasteiger partial charge in [-0.1, -0.05) is 48.5 Å². The molecule has 1 N–H and O–H groups in total. The van der Waals surface area contributed by atoms with Gasteiger partial charge in [-0.3, -0.25) is 14.9 Å². The zero-order valence-corrected chi connectivity index (χ0v) is 14.8. The molecule has 0 saturated heterocycles. The number of benzene rings is 3. The molecule has 0 spiro atoms. The molecule has 0 aliphatic carbocycles. The first-order valence-electron chi connectivity index (χ1n) is 8.47. The van der Waals surface area contributed by atoms with Gasteiger partial charge < -0.3 is 4.74 Å². The van der Waals surface area contributed by atoms with Gasteiger partial charge >= 0.3 is 0 Å². The van der Waals surface area contributed by atoms with Crippen molar-refractivity contribution >= 4 is 17.8 Å². The highest BCUT2D eigenvalue weighted by atomic mass is 16.6. The second kappa shape index (κ2) is 9.09. The summed E-state index contributed by atoms with van der Waals surface area (Å²) in [6.07, 6.45) is 1.51. The van der Waals surface area contributed by atoms with Crippen molar-refractivity contribution in [3.8, 4) is 5.75 Å². The number of ether oxygens (including phenoxy) is 1. The molecule has 3 rings (SSSR count). The van der Waals surface area contributed by atoms with E-state index in [1.807, 2.05) is 54.6 Å². The van der Waals surface area contributed by atoms with Gasteiger partial charge in [0.05, 0.1) is 11.1 Å². The van der Waals surface area contributed by atoms with E-state index in [1.54, 1.807) is 0 Å². The quantitative estimate of drug-likeness (QED) is 0.384. The highest BCUT2D eigenvalue weighted by Gasteiger charge is 2.10. The Bertz CT molecular complexity index is 1000.